The minimum Gasteiger partial charge on any atom is -0.373 e. The molecule has 2 aromatic heterocycles. The van der Waals surface area contributed by atoms with Gasteiger partial charge < -0.3 is 25.3 Å². The van der Waals surface area contributed by atoms with Gasteiger partial charge in [0.15, 0.2) is 0 Å². The molecule has 2 heterocycles. The van der Waals surface area contributed by atoms with Gasteiger partial charge in [-0.1, -0.05) is 36.4 Å². The van der Waals surface area contributed by atoms with Crippen LogP contribution < -0.4 is 11.1 Å². The first-order valence-electron chi connectivity index (χ1n) is 10.9. The van der Waals surface area contributed by atoms with E-state index in [1.165, 1.54) is 17.1 Å². The van der Waals surface area contributed by atoms with E-state index in [2.05, 4.69) is 14.9 Å². The van der Waals surface area contributed by atoms with Crippen molar-refractivity contribution in [1.82, 2.24) is 14.1 Å². The van der Waals surface area contributed by atoms with Crippen molar-refractivity contribution in [1.29, 1.82) is 0 Å². The number of nitrogens with zero attached hydrogens (tertiary/aromatic N) is 3. The molecular weight excluding hydrogens is 418 g/mol. The predicted molar refractivity (Wildman–Crippen MR) is 127 cm³/mol. The highest BCUT2D eigenvalue weighted by Gasteiger charge is 2.11. The quantitative estimate of drug-likeness (QED) is 0.347. The van der Waals surface area contributed by atoms with Gasteiger partial charge in [-0.2, -0.15) is 0 Å². The van der Waals surface area contributed by atoms with Gasteiger partial charge in [-0.25, -0.2) is 4.98 Å². The first kappa shape index (κ1) is 22.3. The Kier molecular flexibility index (Phi) is 6.85. The van der Waals surface area contributed by atoms with E-state index in [4.69, 9.17) is 5.73 Å². The zero-order valence-electron chi connectivity index (χ0n) is 18.2. The van der Waals surface area contributed by atoms with Crippen LogP contribution in [0.5, 0.6) is 0 Å². The van der Waals surface area contributed by atoms with Crippen LogP contribution in [0.25, 0.3) is 10.9 Å². The molecule has 0 bridgehead atoms. The topological polar surface area (TPSA) is 115 Å². The number of aliphatic hydroxyl groups is 1. The number of aromatic nitrogens is 3. The van der Waals surface area contributed by atoms with Crippen LogP contribution in [-0.4, -0.2) is 31.0 Å². The molecular formula is C25H27N5O3. The molecule has 0 fully saturated rings. The smallest absolute Gasteiger partial charge is 0.268 e. The molecule has 33 heavy (non-hydrogen) atoms. The predicted octanol–water partition coefficient (Wildman–Crippen LogP) is 3.48. The molecule has 4 rings (SSSR count). The molecule has 0 aliphatic rings. The molecule has 0 aliphatic carbocycles. The fourth-order valence-electron chi connectivity index (χ4n) is 3.80. The Morgan fingerprint density at radius 2 is 1.94 bits per heavy atom. The van der Waals surface area contributed by atoms with Gasteiger partial charge in [0.1, 0.15) is 11.9 Å². The third-order valence-corrected chi connectivity index (χ3v) is 5.60. The SMILES string of the molecule is NC(=O)c1cn(C(O)CCCn2ccc3ccc(NC(=O)CCc4ccccc4)cc32)cn1. The average Bonchev–Trinajstić information content (AvgIpc) is 3.46. The molecule has 2 amide bonds. The van der Waals surface area contributed by atoms with Crippen LogP contribution in [0.4, 0.5) is 5.69 Å². The van der Waals surface area contributed by atoms with Crippen LogP contribution in [0, 0.1) is 0 Å². The molecule has 4 aromatic rings. The third kappa shape index (κ3) is 5.67. The lowest BCUT2D eigenvalue weighted by Gasteiger charge is -2.13. The Labute approximate surface area is 191 Å². The van der Waals surface area contributed by atoms with E-state index in [1.54, 1.807) is 0 Å². The number of aliphatic hydroxyl groups excluding tert-OH is 1. The number of imidazole rings is 1. The van der Waals surface area contributed by atoms with E-state index in [-0.39, 0.29) is 11.6 Å². The number of anilines is 1. The summed E-state index contributed by atoms with van der Waals surface area (Å²) in [5, 5.41) is 14.4. The second kappa shape index (κ2) is 10.1. The summed E-state index contributed by atoms with van der Waals surface area (Å²) in [5.74, 6) is -0.641. The molecule has 0 spiro atoms. The number of aryl methyl sites for hydroxylation is 2. The number of hydrogen-bond donors (Lipinski definition) is 3. The second-order valence-corrected chi connectivity index (χ2v) is 8.01. The van der Waals surface area contributed by atoms with Crippen LogP contribution in [0.3, 0.4) is 0 Å². The lowest BCUT2D eigenvalue weighted by atomic mass is 10.1. The number of amides is 2. The number of rotatable bonds is 10. The van der Waals surface area contributed by atoms with E-state index >= 15 is 0 Å². The van der Waals surface area contributed by atoms with Gasteiger partial charge in [0.05, 0.1) is 11.8 Å². The third-order valence-electron chi connectivity index (χ3n) is 5.60. The Bertz CT molecular complexity index is 1250. The molecule has 4 N–H and O–H groups in total. The van der Waals surface area contributed by atoms with Gasteiger partial charge in [-0.05, 0) is 48.4 Å². The van der Waals surface area contributed by atoms with E-state index in [0.717, 1.165) is 22.2 Å². The van der Waals surface area contributed by atoms with Crippen molar-refractivity contribution < 1.29 is 14.7 Å². The van der Waals surface area contributed by atoms with Crippen molar-refractivity contribution in [3.63, 3.8) is 0 Å². The van der Waals surface area contributed by atoms with Crippen LogP contribution in [-0.2, 0) is 17.8 Å². The summed E-state index contributed by atoms with van der Waals surface area (Å²) in [7, 11) is 0. The van der Waals surface area contributed by atoms with Crippen molar-refractivity contribution in [3.05, 3.63) is 84.6 Å². The number of nitrogens with one attached hydrogen (secondary N) is 1. The highest BCUT2D eigenvalue weighted by Crippen LogP contribution is 2.22. The van der Waals surface area contributed by atoms with Gasteiger partial charge in [0.25, 0.3) is 5.91 Å². The Morgan fingerprint density at radius 3 is 2.70 bits per heavy atom. The largest absolute Gasteiger partial charge is 0.373 e. The molecule has 8 heteroatoms. The van der Waals surface area contributed by atoms with E-state index < -0.39 is 12.1 Å². The van der Waals surface area contributed by atoms with Crippen molar-refractivity contribution >= 4 is 28.4 Å². The Balaban J connectivity index is 1.33. The summed E-state index contributed by atoms with van der Waals surface area (Å²) in [6.45, 7) is 0.698. The summed E-state index contributed by atoms with van der Waals surface area (Å²) in [5.41, 5.74) is 8.25. The molecule has 170 valence electrons. The molecule has 0 saturated carbocycles. The number of primary amides is 1. The zero-order valence-corrected chi connectivity index (χ0v) is 18.2. The van der Waals surface area contributed by atoms with Crippen molar-refractivity contribution in [3.8, 4) is 0 Å². The minimum atomic E-state index is -0.785. The summed E-state index contributed by atoms with van der Waals surface area (Å²) in [6, 6.07) is 17.9. The first-order valence-corrected chi connectivity index (χ1v) is 10.9. The Morgan fingerprint density at radius 1 is 1.12 bits per heavy atom. The zero-order chi connectivity index (χ0) is 23.2. The van der Waals surface area contributed by atoms with E-state index in [9.17, 15) is 14.7 Å². The van der Waals surface area contributed by atoms with Gasteiger partial charge in [-0.3, -0.25) is 9.59 Å². The molecule has 1 atom stereocenters. The summed E-state index contributed by atoms with van der Waals surface area (Å²) >= 11 is 0. The minimum absolute atomic E-state index is 0.0184. The van der Waals surface area contributed by atoms with Crippen molar-refractivity contribution in [2.24, 2.45) is 5.73 Å². The number of fused-ring (bicyclic) bond motifs is 1. The standard InChI is InChI=1S/C25H27N5O3/c26-25(33)21-16-30(17-27-21)24(32)7-4-13-29-14-12-19-9-10-20(15-22(19)29)28-23(31)11-8-18-5-2-1-3-6-18/h1-3,5-6,9-10,12,14-17,24,32H,4,7-8,11,13H2,(H2,26,33)(H,28,31). The molecule has 1 unspecified atom stereocenters. The van der Waals surface area contributed by atoms with Crippen LogP contribution in [0.2, 0.25) is 0 Å². The number of nitrogens with two attached hydrogens (primary N) is 1. The number of carbonyl (C=O) groups excluding carboxylic acids is 2. The van der Waals surface area contributed by atoms with Crippen LogP contribution in [0.1, 0.15) is 41.5 Å². The van der Waals surface area contributed by atoms with Gasteiger partial charge in [-0.15, -0.1) is 0 Å². The molecule has 8 nitrogen and oxygen atoms in total. The summed E-state index contributed by atoms with van der Waals surface area (Å²) in [4.78, 5) is 27.4. The first-order chi connectivity index (χ1) is 16.0. The molecule has 0 aliphatic heterocycles. The highest BCUT2D eigenvalue weighted by atomic mass is 16.3. The maximum Gasteiger partial charge on any atom is 0.268 e. The lowest BCUT2D eigenvalue weighted by Crippen LogP contribution is -2.12. The van der Waals surface area contributed by atoms with Crippen molar-refractivity contribution in [2.75, 3.05) is 5.32 Å². The van der Waals surface area contributed by atoms with Gasteiger partial charge in [0.2, 0.25) is 5.91 Å². The molecule has 0 saturated heterocycles. The van der Waals surface area contributed by atoms with E-state index in [0.29, 0.717) is 32.2 Å². The van der Waals surface area contributed by atoms with Crippen LogP contribution in [0.15, 0.2) is 73.3 Å². The van der Waals surface area contributed by atoms with Crippen LogP contribution >= 0.6 is 0 Å². The fourth-order valence-corrected chi connectivity index (χ4v) is 3.80. The van der Waals surface area contributed by atoms with Crippen molar-refractivity contribution in [2.45, 2.75) is 38.5 Å². The lowest BCUT2D eigenvalue weighted by molar-refractivity contribution is -0.116. The van der Waals surface area contributed by atoms with Gasteiger partial charge in [0, 0.05) is 31.0 Å². The summed E-state index contributed by atoms with van der Waals surface area (Å²) < 4.78 is 3.58. The normalized spacial score (nSPS) is 12.0. The Hall–Kier alpha value is -3.91. The number of benzene rings is 2. The second-order valence-electron chi connectivity index (χ2n) is 8.01. The number of hydrogen-bond acceptors (Lipinski definition) is 4. The maximum atomic E-state index is 12.4. The highest BCUT2D eigenvalue weighted by molar-refractivity contribution is 5.94. The average molecular weight is 446 g/mol. The maximum absolute atomic E-state index is 12.4. The number of carbonyl (C=O) groups is 2. The fraction of sp³-hybridized carbons (Fsp3) is 0.240. The summed E-state index contributed by atoms with van der Waals surface area (Å²) in [6.07, 6.45) is 6.39. The molecule has 2 aromatic carbocycles. The molecule has 0 radical (unpaired) electrons. The monoisotopic (exact) mass is 445 g/mol. The van der Waals surface area contributed by atoms with E-state index in [1.807, 2.05) is 60.8 Å². The van der Waals surface area contributed by atoms with Gasteiger partial charge >= 0.3 is 0 Å².